The van der Waals surface area contributed by atoms with Crippen molar-refractivity contribution < 1.29 is 78.1 Å². The Balaban J connectivity index is 2.81. The highest BCUT2D eigenvalue weighted by atomic mass is 32.2. The molecule has 11 atom stereocenters. The van der Waals surface area contributed by atoms with E-state index in [0.29, 0.717) is 6.42 Å². The second-order valence-corrected chi connectivity index (χ2v) is 21.2. The zero-order valence-electron chi connectivity index (χ0n) is 44.0. The first-order valence-electron chi connectivity index (χ1n) is 26.8. The molecule has 1 fully saturated rings. The molecule has 0 aromatic heterocycles. The predicted molar refractivity (Wildman–Crippen MR) is 291 cm³/mol. The van der Waals surface area contributed by atoms with Gasteiger partial charge in [-0.05, 0) is 77.0 Å². The molecule has 0 aromatic rings. The Morgan fingerprint density at radius 3 is 1.72 bits per heavy atom. The Morgan fingerprint density at radius 2 is 1.12 bits per heavy atom. The van der Waals surface area contributed by atoms with Gasteiger partial charge < -0.3 is 55.8 Å². The number of nitrogens with two attached hydrogens (primary N) is 1. The molecular weight excluding hydrogens is 994 g/mol. The number of rotatable bonds is 44. The van der Waals surface area contributed by atoms with Crippen LogP contribution in [0.2, 0.25) is 0 Å². The van der Waals surface area contributed by atoms with Crippen molar-refractivity contribution in [1.82, 2.24) is 0 Å². The second kappa shape index (κ2) is 43.8. The first kappa shape index (κ1) is 68.8. The van der Waals surface area contributed by atoms with Gasteiger partial charge >= 0.3 is 25.7 Å². The number of thioether (sulfide) groups is 1. The van der Waals surface area contributed by atoms with Crippen LogP contribution in [0.25, 0.3) is 0 Å². The standard InChI is InChI=1S/C55H92NO16PS/c1-3-5-7-9-11-13-15-17-18-19-20-21-22-23-24-26-28-30-32-34-39-48(60)71-43(41-70-73(67,68)72-54-52(64)50(62)49(61)51(63)53(54)65)40-69-55(66)44(56)42-74-46(45(57)36-35-38-47(58)59)37-33-31-29-27-25-16-14-12-10-8-6-4-2/h12-15,18-19,21-22,25,27,29,31,33,37,43-46,49-54,57,61-65H,3-11,16-17,20,23-24,26,28,30,32,34-36,38-42,56H2,1-2H3,(H,58,59)(H,67,68)/b14-12-,15-13-,19-18-,22-21-,27-25-,31-29+,37-33+/t43-,44+,45+,46-,49?,50-,51+,52-,53-,54?/m1/s1. The van der Waals surface area contributed by atoms with E-state index in [9.17, 15) is 54.5 Å². The third-order valence-electron chi connectivity index (χ3n) is 12.0. The van der Waals surface area contributed by atoms with Crippen LogP contribution in [-0.4, -0.2) is 138 Å². The first-order valence-corrected chi connectivity index (χ1v) is 29.4. The third kappa shape index (κ3) is 34.4. The number of allylic oxidation sites excluding steroid dienone is 13. The largest absolute Gasteiger partial charge is 0.481 e. The number of hydrogen-bond acceptors (Lipinski definition) is 16. The number of phosphoric acid groups is 1. The van der Waals surface area contributed by atoms with E-state index in [1.807, 2.05) is 18.2 Å². The Hall–Kier alpha value is -3.23. The maximum Gasteiger partial charge on any atom is 0.472 e. The monoisotopic (exact) mass is 1090 g/mol. The van der Waals surface area contributed by atoms with Crippen molar-refractivity contribution in [3.8, 4) is 0 Å². The van der Waals surface area contributed by atoms with Crippen molar-refractivity contribution in [3.63, 3.8) is 0 Å². The van der Waals surface area contributed by atoms with Crippen LogP contribution in [-0.2, 0) is 37.5 Å². The van der Waals surface area contributed by atoms with E-state index in [-0.39, 0.29) is 31.4 Å². The zero-order chi connectivity index (χ0) is 54.8. The van der Waals surface area contributed by atoms with E-state index in [2.05, 4.69) is 62.5 Å². The molecule has 0 saturated heterocycles. The lowest BCUT2D eigenvalue weighted by molar-refractivity contribution is -0.220. The van der Waals surface area contributed by atoms with Crippen molar-refractivity contribution >= 4 is 37.5 Å². The quantitative estimate of drug-likeness (QED) is 0.00908. The highest BCUT2D eigenvalue weighted by Gasteiger charge is 2.51. The van der Waals surface area contributed by atoms with Crippen molar-refractivity contribution in [2.45, 2.75) is 222 Å². The number of carboxylic acid groups (broad SMARTS) is 1. The van der Waals surface area contributed by atoms with Crippen LogP contribution in [0.5, 0.6) is 0 Å². The molecule has 1 aliphatic carbocycles. The number of hydrogen-bond donors (Lipinski definition) is 9. The maximum absolute atomic E-state index is 13.2. The van der Waals surface area contributed by atoms with Crippen molar-refractivity contribution in [1.29, 1.82) is 0 Å². The smallest absolute Gasteiger partial charge is 0.472 e. The lowest BCUT2D eigenvalue weighted by Gasteiger charge is -2.41. The van der Waals surface area contributed by atoms with Crippen molar-refractivity contribution in [2.24, 2.45) is 5.73 Å². The first-order chi connectivity index (χ1) is 35.5. The Morgan fingerprint density at radius 1 is 0.622 bits per heavy atom. The maximum atomic E-state index is 13.2. The van der Waals surface area contributed by atoms with Gasteiger partial charge in [-0.1, -0.05) is 157 Å². The number of aliphatic hydroxyl groups is 6. The normalized spacial score (nSPS) is 22.2. The number of carbonyl (C=O) groups is 3. The Labute approximate surface area is 445 Å². The number of phosphoric ester groups is 1. The summed E-state index contributed by atoms with van der Waals surface area (Å²) >= 11 is 1.14. The highest BCUT2D eigenvalue weighted by molar-refractivity contribution is 8.00. The average Bonchev–Trinajstić information content (AvgIpc) is 3.37. The summed E-state index contributed by atoms with van der Waals surface area (Å²) in [5, 5.41) is 70.0. The SMILES string of the molecule is CCCCC/C=C\C\C=C/C=C/C=C/[C@@H](SC[C@H](N)C(=O)OC[C@H](COP(=O)(O)OC1[C@H](O)[C@H](O)C(O)[C@H](O)[C@H]1O)OC(=O)CCCCCCCC/C=C\C/C=C\C/C=C\CCCCCC)[C@@H](O)CCCC(=O)O. The molecule has 1 saturated carbocycles. The summed E-state index contributed by atoms with van der Waals surface area (Å²) in [7, 11) is -5.27. The summed E-state index contributed by atoms with van der Waals surface area (Å²) in [4.78, 5) is 47.8. The highest BCUT2D eigenvalue weighted by Crippen LogP contribution is 2.47. The molecule has 0 aromatic carbocycles. The molecule has 3 unspecified atom stereocenters. The lowest BCUT2D eigenvalue weighted by Crippen LogP contribution is -2.64. The molecule has 19 heteroatoms. The summed E-state index contributed by atoms with van der Waals surface area (Å²) in [5.41, 5.74) is 6.19. The van der Waals surface area contributed by atoms with Crippen LogP contribution in [0.3, 0.4) is 0 Å². The number of carbonyl (C=O) groups excluding carboxylic acids is 2. The summed E-state index contributed by atoms with van der Waals surface area (Å²) in [6, 6.07) is -1.26. The van der Waals surface area contributed by atoms with E-state index in [1.54, 1.807) is 18.2 Å². The van der Waals surface area contributed by atoms with Crippen molar-refractivity contribution in [2.75, 3.05) is 19.0 Å². The molecule has 0 aliphatic heterocycles. The number of ether oxygens (including phenoxy) is 2. The van der Waals surface area contributed by atoms with Gasteiger partial charge in [-0.2, -0.15) is 0 Å². The van der Waals surface area contributed by atoms with Crippen LogP contribution < -0.4 is 5.73 Å². The van der Waals surface area contributed by atoms with Gasteiger partial charge in [0, 0.05) is 23.8 Å². The van der Waals surface area contributed by atoms with Gasteiger partial charge in [-0.25, -0.2) is 4.57 Å². The van der Waals surface area contributed by atoms with Gasteiger partial charge in [0.15, 0.2) is 6.10 Å². The summed E-state index contributed by atoms with van der Waals surface area (Å²) in [6.45, 7) is 2.81. The molecular formula is C55H92NO16PS. The Kier molecular flexibility index (Phi) is 40.7. The zero-order valence-corrected chi connectivity index (χ0v) is 45.7. The van der Waals surface area contributed by atoms with E-state index < -0.39 is 99.1 Å². The molecule has 17 nitrogen and oxygen atoms in total. The lowest BCUT2D eigenvalue weighted by atomic mass is 9.85. The van der Waals surface area contributed by atoms with Crippen LogP contribution in [0.15, 0.2) is 85.1 Å². The van der Waals surface area contributed by atoms with Gasteiger partial charge in [-0.15, -0.1) is 11.8 Å². The summed E-state index contributed by atoms with van der Waals surface area (Å²) in [6.07, 6.45) is 33.5. The minimum atomic E-state index is -5.27. The van der Waals surface area contributed by atoms with Crippen LogP contribution in [0.4, 0.5) is 0 Å². The molecule has 0 bridgehead atoms. The molecule has 1 aliphatic rings. The molecule has 74 heavy (non-hydrogen) atoms. The third-order valence-corrected chi connectivity index (χ3v) is 14.3. The topological polar surface area (TPSA) is 293 Å². The fourth-order valence-electron chi connectivity index (χ4n) is 7.50. The van der Waals surface area contributed by atoms with Crippen LogP contribution in [0.1, 0.15) is 162 Å². The fourth-order valence-corrected chi connectivity index (χ4v) is 9.60. The molecule has 424 valence electrons. The summed E-state index contributed by atoms with van der Waals surface area (Å²) in [5.74, 6) is -2.71. The second-order valence-electron chi connectivity index (χ2n) is 18.6. The minimum Gasteiger partial charge on any atom is -0.481 e. The number of unbranched alkanes of at least 4 members (excludes halogenated alkanes) is 13. The van der Waals surface area contributed by atoms with Gasteiger partial charge in [0.2, 0.25) is 0 Å². The van der Waals surface area contributed by atoms with E-state index in [4.69, 9.17) is 29.4 Å². The van der Waals surface area contributed by atoms with Gasteiger partial charge in [0.1, 0.15) is 49.3 Å². The molecule has 0 amide bonds. The molecule has 0 spiro atoms. The molecule has 0 radical (unpaired) electrons. The molecule has 1 rings (SSSR count). The predicted octanol–water partition coefficient (Wildman–Crippen LogP) is 8.54. The minimum absolute atomic E-state index is 0.0246. The number of aliphatic hydroxyl groups excluding tert-OH is 6. The number of carboxylic acids is 1. The fraction of sp³-hybridized carbons (Fsp3) is 0.691. The molecule has 10 N–H and O–H groups in total. The van der Waals surface area contributed by atoms with Gasteiger partial charge in [-0.3, -0.25) is 23.4 Å². The van der Waals surface area contributed by atoms with Crippen molar-refractivity contribution in [3.05, 3.63) is 85.1 Å². The van der Waals surface area contributed by atoms with E-state index in [1.165, 1.54) is 44.9 Å². The van der Waals surface area contributed by atoms with Crippen LogP contribution >= 0.6 is 19.6 Å². The summed E-state index contributed by atoms with van der Waals surface area (Å²) < 4.78 is 33.8. The van der Waals surface area contributed by atoms with E-state index >= 15 is 0 Å². The van der Waals surface area contributed by atoms with Gasteiger partial charge in [0.25, 0.3) is 0 Å². The Bertz CT molecular complexity index is 1740. The number of esters is 2. The van der Waals surface area contributed by atoms with Gasteiger partial charge in [0.05, 0.1) is 12.7 Å². The average molecular weight is 1090 g/mol. The number of aliphatic carboxylic acids is 1. The van der Waals surface area contributed by atoms with E-state index in [0.717, 1.165) is 82.4 Å². The molecule has 0 heterocycles. The van der Waals surface area contributed by atoms with Crippen LogP contribution in [0, 0.1) is 0 Å².